The van der Waals surface area contributed by atoms with E-state index in [9.17, 15) is 0 Å². The van der Waals surface area contributed by atoms with Crippen molar-refractivity contribution in [2.45, 2.75) is 0 Å². The molecule has 12 rings (SSSR count). The second-order valence-corrected chi connectivity index (χ2v) is 13.7. The summed E-state index contributed by atoms with van der Waals surface area (Å²) in [6, 6.07) is 60.6. The van der Waals surface area contributed by atoms with E-state index in [4.69, 9.17) is 8.83 Å². The third-order valence-corrected chi connectivity index (χ3v) is 10.9. The fraction of sp³-hybridized carbons (Fsp3) is 0. The number of benzene rings is 8. The van der Waals surface area contributed by atoms with E-state index in [1.54, 1.807) is 0 Å². The Labute approximate surface area is 296 Å². The van der Waals surface area contributed by atoms with Crippen molar-refractivity contribution in [1.82, 2.24) is 9.13 Å². The van der Waals surface area contributed by atoms with Crippen LogP contribution in [0.1, 0.15) is 0 Å². The molecule has 0 aliphatic heterocycles. The smallest absolute Gasteiger partial charge is 0.160 e. The van der Waals surface area contributed by atoms with E-state index in [-0.39, 0.29) is 0 Å². The van der Waals surface area contributed by atoms with Crippen LogP contribution in [-0.4, -0.2) is 9.13 Å². The average molecular weight is 665 g/mol. The fourth-order valence-corrected chi connectivity index (χ4v) is 8.58. The zero-order valence-corrected chi connectivity index (χ0v) is 27.9. The van der Waals surface area contributed by atoms with E-state index in [0.29, 0.717) is 0 Å². The first kappa shape index (κ1) is 27.7. The van der Waals surface area contributed by atoms with Crippen LogP contribution in [0.3, 0.4) is 0 Å². The molecule has 0 bridgehead atoms. The van der Waals surface area contributed by atoms with Gasteiger partial charge in [0.25, 0.3) is 0 Å². The topological polar surface area (TPSA) is 36.1 Å². The van der Waals surface area contributed by atoms with Crippen LogP contribution in [0.4, 0.5) is 0 Å². The maximum Gasteiger partial charge on any atom is 0.160 e. The highest BCUT2D eigenvalue weighted by Gasteiger charge is 2.21. The number of hydrogen-bond acceptors (Lipinski definition) is 2. The summed E-state index contributed by atoms with van der Waals surface area (Å²) in [5, 5.41) is 9.24. The van der Waals surface area contributed by atoms with Crippen molar-refractivity contribution in [2.75, 3.05) is 0 Å². The molecular formula is C48H28N2O2. The SMILES string of the molecule is c1ccc(-n2c3cc(-c4ccc5c(c4)c4ccc6c7ccccc7oc6c4n5-c4ccccc4)ccc3c3cc4oc5ccccc5c4cc32)cc1. The third-order valence-electron chi connectivity index (χ3n) is 10.9. The largest absolute Gasteiger partial charge is 0.456 e. The van der Waals surface area contributed by atoms with Gasteiger partial charge in [0.2, 0.25) is 0 Å². The number of hydrogen-bond donors (Lipinski definition) is 0. The van der Waals surface area contributed by atoms with Gasteiger partial charge in [0, 0.05) is 54.5 Å². The summed E-state index contributed by atoms with van der Waals surface area (Å²) in [7, 11) is 0. The summed E-state index contributed by atoms with van der Waals surface area (Å²) >= 11 is 0. The molecule has 4 heterocycles. The van der Waals surface area contributed by atoms with E-state index in [2.05, 4.69) is 161 Å². The number of nitrogens with zero attached hydrogens (tertiary/aromatic N) is 2. The first-order chi connectivity index (χ1) is 25.8. The third kappa shape index (κ3) is 3.75. The molecule has 4 aromatic heterocycles. The summed E-state index contributed by atoms with van der Waals surface area (Å²) in [6.07, 6.45) is 0. The van der Waals surface area contributed by atoms with Gasteiger partial charge in [-0.25, -0.2) is 0 Å². The zero-order valence-electron chi connectivity index (χ0n) is 27.9. The van der Waals surface area contributed by atoms with Crippen LogP contribution in [0.2, 0.25) is 0 Å². The Bertz CT molecular complexity index is 3400. The Morgan fingerprint density at radius 3 is 1.67 bits per heavy atom. The summed E-state index contributed by atoms with van der Waals surface area (Å²) in [5.41, 5.74) is 12.7. The van der Waals surface area contributed by atoms with Crippen LogP contribution in [-0.2, 0) is 0 Å². The Morgan fingerprint density at radius 2 is 0.885 bits per heavy atom. The predicted octanol–water partition coefficient (Wildman–Crippen LogP) is 13.3. The van der Waals surface area contributed by atoms with E-state index in [1.807, 2.05) is 18.2 Å². The van der Waals surface area contributed by atoms with Crippen molar-refractivity contribution in [2.24, 2.45) is 0 Å². The second-order valence-electron chi connectivity index (χ2n) is 13.7. The maximum atomic E-state index is 6.62. The average Bonchev–Trinajstić information content (AvgIpc) is 3.94. The molecule has 0 unspecified atom stereocenters. The molecule has 4 heteroatoms. The lowest BCUT2D eigenvalue weighted by atomic mass is 10.0. The molecule has 0 atom stereocenters. The standard InChI is InChI=1S/C48H28N2O2/c1-3-11-31(12-4-1)49-42-26-30(19-21-33(42)39-28-46-40(27-43(39)49)35-16-8-9-17-44(35)51-46)29-20-24-41-38(25-29)36-22-23-37-34-15-7-10-18-45(34)52-48(37)47(36)50(41)32-13-5-2-6-14-32/h1-28H. The Hall–Kier alpha value is -7.04. The molecule has 12 aromatic rings. The van der Waals surface area contributed by atoms with Gasteiger partial charge in [-0.2, -0.15) is 0 Å². The molecule has 0 fully saturated rings. The quantitative estimate of drug-likeness (QED) is 0.188. The number of aromatic nitrogens is 2. The molecule has 0 saturated carbocycles. The molecule has 0 amide bonds. The minimum atomic E-state index is 0.902. The minimum absolute atomic E-state index is 0.902. The van der Waals surface area contributed by atoms with Gasteiger partial charge in [-0.15, -0.1) is 0 Å². The van der Waals surface area contributed by atoms with Crippen molar-refractivity contribution in [3.63, 3.8) is 0 Å². The van der Waals surface area contributed by atoms with Gasteiger partial charge in [-0.05, 0) is 83.9 Å². The zero-order chi connectivity index (χ0) is 33.9. The molecule has 4 nitrogen and oxygen atoms in total. The molecule has 242 valence electrons. The lowest BCUT2D eigenvalue weighted by Gasteiger charge is -2.10. The van der Waals surface area contributed by atoms with Gasteiger partial charge in [0.1, 0.15) is 16.7 Å². The van der Waals surface area contributed by atoms with E-state index >= 15 is 0 Å². The van der Waals surface area contributed by atoms with E-state index < -0.39 is 0 Å². The molecular weight excluding hydrogens is 637 g/mol. The van der Waals surface area contributed by atoms with Crippen molar-refractivity contribution in [1.29, 1.82) is 0 Å². The van der Waals surface area contributed by atoms with Gasteiger partial charge < -0.3 is 18.0 Å². The summed E-state index contributed by atoms with van der Waals surface area (Å²) < 4.78 is 17.7. The lowest BCUT2D eigenvalue weighted by molar-refractivity contribution is 0.669. The Morgan fingerprint density at radius 1 is 0.308 bits per heavy atom. The fourth-order valence-electron chi connectivity index (χ4n) is 8.58. The summed E-state index contributed by atoms with van der Waals surface area (Å²) in [6.45, 7) is 0. The predicted molar refractivity (Wildman–Crippen MR) is 215 cm³/mol. The monoisotopic (exact) mass is 664 g/mol. The maximum absolute atomic E-state index is 6.62. The molecule has 0 N–H and O–H groups in total. The Kier molecular flexibility index (Phi) is 5.47. The van der Waals surface area contributed by atoms with Crippen molar-refractivity contribution < 1.29 is 8.83 Å². The van der Waals surface area contributed by atoms with Gasteiger partial charge in [-0.1, -0.05) is 97.1 Å². The molecule has 0 spiro atoms. The Balaban J connectivity index is 1.13. The number of para-hydroxylation sites is 4. The molecule has 52 heavy (non-hydrogen) atoms. The molecule has 0 radical (unpaired) electrons. The highest BCUT2D eigenvalue weighted by molar-refractivity contribution is 6.22. The molecule has 8 aromatic carbocycles. The first-order valence-corrected chi connectivity index (χ1v) is 17.7. The van der Waals surface area contributed by atoms with E-state index in [1.165, 1.54) is 21.5 Å². The van der Waals surface area contributed by atoms with Crippen LogP contribution in [0.5, 0.6) is 0 Å². The number of rotatable bonds is 3. The van der Waals surface area contributed by atoms with Gasteiger partial charge in [-0.3, -0.25) is 0 Å². The minimum Gasteiger partial charge on any atom is -0.456 e. The van der Waals surface area contributed by atoms with Crippen LogP contribution in [0.25, 0.3) is 110 Å². The normalized spacial score (nSPS) is 12.2. The summed E-state index contributed by atoms with van der Waals surface area (Å²) in [4.78, 5) is 0. The van der Waals surface area contributed by atoms with Crippen LogP contribution in [0.15, 0.2) is 179 Å². The second kappa shape index (κ2) is 10.3. The number of furan rings is 2. The van der Waals surface area contributed by atoms with Crippen molar-refractivity contribution in [3.05, 3.63) is 170 Å². The van der Waals surface area contributed by atoms with Crippen molar-refractivity contribution >= 4 is 87.5 Å². The van der Waals surface area contributed by atoms with Crippen LogP contribution < -0.4 is 0 Å². The molecule has 0 aliphatic rings. The van der Waals surface area contributed by atoms with Gasteiger partial charge >= 0.3 is 0 Å². The van der Waals surface area contributed by atoms with Gasteiger partial charge in [0.15, 0.2) is 5.58 Å². The van der Waals surface area contributed by atoms with Crippen molar-refractivity contribution in [3.8, 4) is 22.5 Å². The first-order valence-electron chi connectivity index (χ1n) is 17.7. The number of fused-ring (bicyclic) bond motifs is 13. The van der Waals surface area contributed by atoms with Gasteiger partial charge in [0.05, 0.1) is 22.1 Å². The summed E-state index contributed by atoms with van der Waals surface area (Å²) in [5.74, 6) is 0. The molecule has 0 aliphatic carbocycles. The lowest BCUT2D eigenvalue weighted by Crippen LogP contribution is -1.94. The molecule has 0 saturated heterocycles. The van der Waals surface area contributed by atoms with Crippen LogP contribution >= 0.6 is 0 Å². The highest BCUT2D eigenvalue weighted by Crippen LogP contribution is 2.43. The van der Waals surface area contributed by atoms with E-state index in [0.717, 1.165) is 88.4 Å². The highest BCUT2D eigenvalue weighted by atomic mass is 16.3. The van der Waals surface area contributed by atoms with Crippen LogP contribution in [0, 0.1) is 0 Å².